The molecular formula is C14H11N3O2. The molecule has 0 aromatic heterocycles. The van der Waals surface area contributed by atoms with Crippen LogP contribution in [-0.2, 0) is 4.79 Å². The Morgan fingerprint density at radius 1 is 1.37 bits per heavy atom. The third kappa shape index (κ3) is 2.87. The number of hydrogen-bond acceptors (Lipinski definition) is 4. The van der Waals surface area contributed by atoms with Crippen LogP contribution in [0.25, 0.3) is 10.8 Å². The van der Waals surface area contributed by atoms with E-state index in [4.69, 9.17) is 5.26 Å². The van der Waals surface area contributed by atoms with Crippen LogP contribution in [0.15, 0.2) is 41.5 Å². The number of nitrogens with zero attached hydrogens (tertiary/aromatic N) is 2. The van der Waals surface area contributed by atoms with Crippen molar-refractivity contribution in [1.82, 2.24) is 5.43 Å². The van der Waals surface area contributed by atoms with Gasteiger partial charge in [0.05, 0.1) is 12.3 Å². The minimum Gasteiger partial charge on any atom is -0.507 e. The summed E-state index contributed by atoms with van der Waals surface area (Å²) in [5.41, 5.74) is 2.70. The van der Waals surface area contributed by atoms with Crippen LogP contribution in [0.1, 0.15) is 12.0 Å². The molecule has 0 aliphatic heterocycles. The summed E-state index contributed by atoms with van der Waals surface area (Å²) in [6, 6.07) is 12.7. The molecule has 0 atom stereocenters. The second-order valence-electron chi connectivity index (χ2n) is 3.85. The van der Waals surface area contributed by atoms with Crippen LogP contribution < -0.4 is 5.43 Å². The van der Waals surface area contributed by atoms with E-state index in [1.165, 1.54) is 6.21 Å². The third-order valence-corrected chi connectivity index (χ3v) is 2.56. The van der Waals surface area contributed by atoms with Crippen molar-refractivity contribution in [2.75, 3.05) is 0 Å². The number of phenolic OH excluding ortho intramolecular Hbond substituents is 1. The molecule has 0 saturated heterocycles. The minimum atomic E-state index is -0.487. The molecule has 5 heteroatoms. The van der Waals surface area contributed by atoms with E-state index in [-0.39, 0.29) is 12.2 Å². The van der Waals surface area contributed by atoms with Crippen LogP contribution in [0.5, 0.6) is 5.75 Å². The molecule has 94 valence electrons. The average molecular weight is 253 g/mol. The second kappa shape index (κ2) is 5.65. The summed E-state index contributed by atoms with van der Waals surface area (Å²) in [4.78, 5) is 11.0. The molecule has 0 aliphatic rings. The maximum absolute atomic E-state index is 11.0. The monoisotopic (exact) mass is 253 g/mol. The summed E-state index contributed by atoms with van der Waals surface area (Å²) in [7, 11) is 0. The predicted molar refractivity (Wildman–Crippen MR) is 71.6 cm³/mol. The fourth-order valence-corrected chi connectivity index (χ4v) is 1.66. The third-order valence-electron chi connectivity index (χ3n) is 2.56. The summed E-state index contributed by atoms with van der Waals surface area (Å²) in [6.45, 7) is 0. The number of phenols is 1. The quantitative estimate of drug-likeness (QED) is 0.647. The predicted octanol–water partition coefficient (Wildman–Crippen LogP) is 1.91. The van der Waals surface area contributed by atoms with Crippen molar-refractivity contribution in [3.05, 3.63) is 42.0 Å². The number of aromatic hydroxyl groups is 1. The Labute approximate surface area is 109 Å². The van der Waals surface area contributed by atoms with E-state index < -0.39 is 5.91 Å². The lowest BCUT2D eigenvalue weighted by Crippen LogP contribution is -2.16. The topological polar surface area (TPSA) is 85.5 Å². The lowest BCUT2D eigenvalue weighted by atomic mass is 10.1. The molecule has 5 nitrogen and oxygen atoms in total. The zero-order chi connectivity index (χ0) is 13.7. The lowest BCUT2D eigenvalue weighted by molar-refractivity contribution is -0.120. The highest BCUT2D eigenvalue weighted by molar-refractivity contribution is 5.97. The molecule has 2 aromatic rings. The van der Waals surface area contributed by atoms with E-state index in [1.54, 1.807) is 18.2 Å². The number of rotatable bonds is 3. The van der Waals surface area contributed by atoms with Gasteiger partial charge in [0.1, 0.15) is 12.2 Å². The van der Waals surface area contributed by atoms with Gasteiger partial charge in [-0.1, -0.05) is 30.3 Å². The highest BCUT2D eigenvalue weighted by Gasteiger charge is 2.04. The van der Waals surface area contributed by atoms with Gasteiger partial charge in [0.25, 0.3) is 5.91 Å². The van der Waals surface area contributed by atoms with Crippen LogP contribution in [0.4, 0.5) is 0 Å². The van der Waals surface area contributed by atoms with Crippen LogP contribution in [0, 0.1) is 11.3 Å². The van der Waals surface area contributed by atoms with Crippen molar-refractivity contribution in [3.8, 4) is 11.8 Å². The molecule has 0 radical (unpaired) electrons. The molecule has 2 aromatic carbocycles. The van der Waals surface area contributed by atoms with Gasteiger partial charge in [-0.05, 0) is 11.5 Å². The highest BCUT2D eigenvalue weighted by Crippen LogP contribution is 2.27. The first-order valence-electron chi connectivity index (χ1n) is 5.62. The number of carbonyl (C=O) groups excluding carboxylic acids is 1. The van der Waals surface area contributed by atoms with Gasteiger partial charge in [-0.2, -0.15) is 10.4 Å². The minimum absolute atomic E-state index is 0.108. The Morgan fingerprint density at radius 3 is 2.95 bits per heavy atom. The summed E-state index contributed by atoms with van der Waals surface area (Å²) >= 11 is 0. The molecule has 0 unspecified atom stereocenters. The van der Waals surface area contributed by atoms with Gasteiger partial charge in [0, 0.05) is 10.9 Å². The van der Waals surface area contributed by atoms with Crippen molar-refractivity contribution >= 4 is 22.9 Å². The molecule has 0 bridgehead atoms. The fraction of sp³-hybridized carbons (Fsp3) is 0.0714. The molecule has 0 aliphatic carbocycles. The smallest absolute Gasteiger partial charge is 0.254 e. The summed E-state index contributed by atoms with van der Waals surface area (Å²) in [5, 5.41) is 23.7. The zero-order valence-corrected chi connectivity index (χ0v) is 10.00. The van der Waals surface area contributed by atoms with E-state index in [1.807, 2.05) is 24.3 Å². The first kappa shape index (κ1) is 12.6. The largest absolute Gasteiger partial charge is 0.507 e. The van der Waals surface area contributed by atoms with E-state index in [2.05, 4.69) is 10.5 Å². The van der Waals surface area contributed by atoms with Crippen LogP contribution in [0.2, 0.25) is 0 Å². The number of fused-ring (bicyclic) bond motifs is 1. The van der Waals surface area contributed by atoms with Crippen LogP contribution in [0.3, 0.4) is 0 Å². The van der Waals surface area contributed by atoms with Gasteiger partial charge >= 0.3 is 0 Å². The molecule has 2 N–H and O–H groups in total. The molecule has 0 heterocycles. The van der Waals surface area contributed by atoms with Crippen molar-refractivity contribution < 1.29 is 9.90 Å². The fourth-order valence-electron chi connectivity index (χ4n) is 1.66. The summed E-state index contributed by atoms with van der Waals surface area (Å²) < 4.78 is 0. The molecule has 0 saturated carbocycles. The van der Waals surface area contributed by atoms with Gasteiger partial charge in [-0.25, -0.2) is 5.43 Å². The number of nitriles is 1. The van der Waals surface area contributed by atoms with Crippen molar-refractivity contribution in [2.45, 2.75) is 6.42 Å². The Balaban J connectivity index is 2.22. The number of nitrogens with one attached hydrogen (secondary N) is 1. The Kier molecular flexibility index (Phi) is 3.74. The molecule has 1 amide bonds. The standard InChI is InChI=1S/C14H11N3O2/c15-8-7-13(18)17-16-9-11-6-5-10-3-1-2-4-12(10)14(11)19/h1-6,9,19H,7H2,(H,17,18). The Morgan fingerprint density at radius 2 is 2.16 bits per heavy atom. The van der Waals surface area contributed by atoms with Crippen LogP contribution in [-0.4, -0.2) is 17.2 Å². The van der Waals surface area contributed by atoms with Gasteiger partial charge in [0.2, 0.25) is 0 Å². The van der Waals surface area contributed by atoms with Crippen LogP contribution >= 0.6 is 0 Å². The van der Waals surface area contributed by atoms with Crippen molar-refractivity contribution in [3.63, 3.8) is 0 Å². The first-order chi connectivity index (χ1) is 9.22. The summed E-state index contributed by atoms with van der Waals surface area (Å²) in [5.74, 6) is -0.379. The second-order valence-corrected chi connectivity index (χ2v) is 3.85. The average Bonchev–Trinajstić information content (AvgIpc) is 2.42. The van der Waals surface area contributed by atoms with Gasteiger partial charge in [-0.15, -0.1) is 0 Å². The molecule has 0 fully saturated rings. The number of benzene rings is 2. The molecule has 0 spiro atoms. The lowest BCUT2D eigenvalue weighted by Gasteiger charge is -2.03. The maximum atomic E-state index is 11.0. The molecule has 2 rings (SSSR count). The number of amides is 1. The van der Waals surface area contributed by atoms with Gasteiger partial charge in [0.15, 0.2) is 0 Å². The van der Waals surface area contributed by atoms with Gasteiger partial charge in [-0.3, -0.25) is 4.79 Å². The Bertz CT molecular complexity index is 687. The normalized spacial score (nSPS) is 10.5. The highest BCUT2D eigenvalue weighted by atomic mass is 16.3. The summed E-state index contributed by atoms with van der Waals surface area (Å²) in [6.07, 6.45) is 1.10. The molecule has 19 heavy (non-hydrogen) atoms. The van der Waals surface area contributed by atoms with E-state index in [0.717, 1.165) is 10.8 Å². The molecular weight excluding hydrogens is 242 g/mol. The van der Waals surface area contributed by atoms with Crippen molar-refractivity contribution in [2.24, 2.45) is 5.10 Å². The maximum Gasteiger partial charge on any atom is 0.254 e. The number of hydrazone groups is 1. The van der Waals surface area contributed by atoms with Crippen molar-refractivity contribution in [1.29, 1.82) is 5.26 Å². The SMILES string of the molecule is N#CCC(=O)NN=Cc1ccc2ccccc2c1O. The van der Waals surface area contributed by atoms with E-state index in [0.29, 0.717) is 5.56 Å². The number of hydrogen-bond donors (Lipinski definition) is 2. The Hall–Kier alpha value is -2.87. The van der Waals surface area contributed by atoms with E-state index >= 15 is 0 Å². The first-order valence-corrected chi connectivity index (χ1v) is 5.62. The number of carbonyl (C=O) groups is 1. The zero-order valence-electron chi connectivity index (χ0n) is 10.00. The van der Waals surface area contributed by atoms with Gasteiger partial charge < -0.3 is 5.11 Å². The van der Waals surface area contributed by atoms with E-state index in [9.17, 15) is 9.90 Å².